The van der Waals surface area contributed by atoms with E-state index in [1.54, 1.807) is 0 Å². The van der Waals surface area contributed by atoms with Gasteiger partial charge in [0.2, 0.25) is 0 Å². The van der Waals surface area contributed by atoms with Crippen LogP contribution in [0.25, 0.3) is 0 Å². The highest BCUT2D eigenvalue weighted by Gasteiger charge is 2.20. The van der Waals surface area contributed by atoms with Gasteiger partial charge < -0.3 is 4.90 Å². The molecule has 0 amide bonds. The molecular formula is C15H21BrClN. The zero-order valence-electron chi connectivity index (χ0n) is 11.0. The van der Waals surface area contributed by atoms with Crippen LogP contribution < -0.4 is 4.90 Å². The number of nitrogens with zero attached hydrogens (tertiary/aromatic N) is 1. The fourth-order valence-corrected chi connectivity index (χ4v) is 3.46. The summed E-state index contributed by atoms with van der Waals surface area (Å²) in [5.74, 6) is 1.52. The minimum atomic E-state index is 0.587. The van der Waals surface area contributed by atoms with E-state index in [0.717, 1.165) is 10.4 Å². The molecule has 0 atom stereocenters. The highest BCUT2D eigenvalue weighted by Crippen LogP contribution is 2.30. The summed E-state index contributed by atoms with van der Waals surface area (Å²) in [5, 5.41) is 0. The molecule has 1 heterocycles. The van der Waals surface area contributed by atoms with Gasteiger partial charge in [-0.25, -0.2) is 0 Å². The molecule has 2 rings (SSSR count). The van der Waals surface area contributed by atoms with Crippen LogP contribution in [0.2, 0.25) is 0 Å². The summed E-state index contributed by atoms with van der Waals surface area (Å²) in [6, 6.07) is 6.45. The first-order valence-electron chi connectivity index (χ1n) is 6.84. The molecule has 1 aliphatic heterocycles. The highest BCUT2D eigenvalue weighted by molar-refractivity contribution is 9.10. The van der Waals surface area contributed by atoms with E-state index >= 15 is 0 Å². The van der Waals surface area contributed by atoms with Crippen molar-refractivity contribution in [2.45, 2.75) is 38.5 Å². The molecule has 0 N–H and O–H groups in total. The van der Waals surface area contributed by atoms with Gasteiger partial charge in [-0.1, -0.05) is 35.7 Å². The van der Waals surface area contributed by atoms with E-state index in [2.05, 4.69) is 46.0 Å². The van der Waals surface area contributed by atoms with Gasteiger partial charge in [0.1, 0.15) is 0 Å². The summed E-state index contributed by atoms with van der Waals surface area (Å²) in [7, 11) is 0. The van der Waals surface area contributed by atoms with Gasteiger partial charge in [-0.2, -0.15) is 0 Å². The Labute approximate surface area is 124 Å². The summed E-state index contributed by atoms with van der Waals surface area (Å²) in [5.41, 5.74) is 2.56. The number of piperidine rings is 1. The van der Waals surface area contributed by atoms with Crippen LogP contribution in [0.4, 0.5) is 5.69 Å². The number of halogens is 2. The molecule has 0 bridgehead atoms. The van der Waals surface area contributed by atoms with Crippen molar-refractivity contribution in [2.24, 2.45) is 5.92 Å². The molecule has 0 unspecified atom stereocenters. The molecule has 0 spiro atoms. The quantitative estimate of drug-likeness (QED) is 0.685. The van der Waals surface area contributed by atoms with Crippen LogP contribution in [0.3, 0.4) is 0 Å². The molecule has 0 aliphatic carbocycles. The molecular weight excluding hydrogens is 310 g/mol. The Kier molecular flexibility index (Phi) is 5.38. The summed E-state index contributed by atoms with van der Waals surface area (Å²) in [4.78, 5) is 2.50. The molecule has 1 saturated heterocycles. The van der Waals surface area contributed by atoms with E-state index in [4.69, 9.17) is 11.6 Å². The summed E-state index contributed by atoms with van der Waals surface area (Å²) >= 11 is 9.57. The fourth-order valence-electron chi connectivity index (χ4n) is 2.84. The van der Waals surface area contributed by atoms with Crippen LogP contribution >= 0.6 is 27.5 Å². The Morgan fingerprint density at radius 3 is 2.67 bits per heavy atom. The molecule has 1 aromatic rings. The predicted molar refractivity (Wildman–Crippen MR) is 83.5 cm³/mol. The van der Waals surface area contributed by atoms with Crippen LogP contribution in [-0.4, -0.2) is 13.1 Å². The molecule has 1 nitrogen and oxygen atoms in total. The summed E-state index contributed by atoms with van der Waals surface area (Å²) in [6.07, 6.45) is 5.35. The first-order chi connectivity index (χ1) is 8.74. The molecule has 1 aliphatic rings. The zero-order valence-corrected chi connectivity index (χ0v) is 13.3. The second-order valence-corrected chi connectivity index (χ2v) is 6.31. The minimum absolute atomic E-state index is 0.587. The van der Waals surface area contributed by atoms with Crippen LogP contribution in [0.5, 0.6) is 0 Å². The van der Waals surface area contributed by atoms with Crippen molar-refractivity contribution in [1.82, 2.24) is 0 Å². The molecule has 100 valence electrons. The van der Waals surface area contributed by atoms with E-state index in [9.17, 15) is 0 Å². The Bertz CT molecular complexity index is 386. The number of hydrogen-bond acceptors (Lipinski definition) is 1. The van der Waals surface area contributed by atoms with Crippen molar-refractivity contribution in [3.8, 4) is 0 Å². The van der Waals surface area contributed by atoms with Crippen molar-refractivity contribution in [3.05, 3.63) is 28.2 Å². The second-order valence-electron chi connectivity index (χ2n) is 5.13. The van der Waals surface area contributed by atoms with Gasteiger partial charge in [0.05, 0.1) is 0 Å². The van der Waals surface area contributed by atoms with Crippen LogP contribution in [0.1, 0.15) is 38.2 Å². The zero-order chi connectivity index (χ0) is 13.0. The third-order valence-corrected chi connectivity index (χ3v) is 4.62. The van der Waals surface area contributed by atoms with Gasteiger partial charge in [0.25, 0.3) is 0 Å². The predicted octanol–water partition coefficient (Wildman–Crippen LogP) is 5.20. The van der Waals surface area contributed by atoms with Crippen molar-refractivity contribution in [3.63, 3.8) is 0 Å². The average molecular weight is 331 g/mol. The SMILES string of the molecule is CCCC1CCN(c2ccc(Br)cc2CCl)CC1. The lowest BCUT2D eigenvalue weighted by Gasteiger charge is -2.34. The van der Waals surface area contributed by atoms with Crippen LogP contribution in [0.15, 0.2) is 22.7 Å². The smallest absolute Gasteiger partial charge is 0.0494 e. The lowest BCUT2D eigenvalue weighted by atomic mass is 9.92. The van der Waals surface area contributed by atoms with E-state index in [-0.39, 0.29) is 0 Å². The molecule has 0 aromatic heterocycles. The lowest BCUT2D eigenvalue weighted by Crippen LogP contribution is -2.34. The molecule has 18 heavy (non-hydrogen) atoms. The van der Waals surface area contributed by atoms with Gasteiger partial charge >= 0.3 is 0 Å². The maximum Gasteiger partial charge on any atom is 0.0494 e. The monoisotopic (exact) mass is 329 g/mol. The minimum Gasteiger partial charge on any atom is -0.371 e. The normalized spacial score (nSPS) is 17.2. The Balaban J connectivity index is 2.05. The number of hydrogen-bond donors (Lipinski definition) is 0. The largest absolute Gasteiger partial charge is 0.371 e. The van der Waals surface area contributed by atoms with Crippen LogP contribution in [0, 0.1) is 5.92 Å². The van der Waals surface area contributed by atoms with E-state index in [0.29, 0.717) is 5.88 Å². The van der Waals surface area contributed by atoms with Gasteiger partial charge in [0.15, 0.2) is 0 Å². The van der Waals surface area contributed by atoms with Gasteiger partial charge in [0, 0.05) is 29.1 Å². The van der Waals surface area contributed by atoms with Gasteiger partial charge in [-0.3, -0.25) is 0 Å². The first kappa shape index (κ1) is 14.2. The Morgan fingerprint density at radius 2 is 2.06 bits per heavy atom. The highest BCUT2D eigenvalue weighted by atomic mass is 79.9. The Morgan fingerprint density at radius 1 is 1.33 bits per heavy atom. The topological polar surface area (TPSA) is 3.24 Å². The summed E-state index contributed by atoms with van der Waals surface area (Å²) < 4.78 is 1.11. The van der Waals surface area contributed by atoms with Crippen molar-refractivity contribution in [2.75, 3.05) is 18.0 Å². The number of alkyl halides is 1. The van der Waals surface area contributed by atoms with Crippen molar-refractivity contribution < 1.29 is 0 Å². The third-order valence-electron chi connectivity index (χ3n) is 3.84. The van der Waals surface area contributed by atoms with E-state index < -0.39 is 0 Å². The number of benzene rings is 1. The maximum atomic E-state index is 6.05. The van der Waals surface area contributed by atoms with E-state index in [1.807, 2.05) is 0 Å². The fraction of sp³-hybridized carbons (Fsp3) is 0.600. The molecule has 3 heteroatoms. The Hall–Kier alpha value is -0.210. The number of rotatable bonds is 4. The van der Waals surface area contributed by atoms with Gasteiger partial charge in [-0.05, 0) is 42.5 Å². The average Bonchev–Trinajstić information content (AvgIpc) is 2.40. The van der Waals surface area contributed by atoms with E-state index in [1.165, 1.54) is 50.0 Å². The number of anilines is 1. The summed E-state index contributed by atoms with van der Waals surface area (Å²) in [6.45, 7) is 4.64. The third kappa shape index (κ3) is 3.42. The van der Waals surface area contributed by atoms with Crippen LogP contribution in [-0.2, 0) is 5.88 Å². The molecule has 0 saturated carbocycles. The van der Waals surface area contributed by atoms with Crippen molar-refractivity contribution in [1.29, 1.82) is 0 Å². The molecule has 1 fully saturated rings. The molecule has 0 radical (unpaired) electrons. The lowest BCUT2D eigenvalue weighted by molar-refractivity contribution is 0.378. The maximum absolute atomic E-state index is 6.05. The van der Waals surface area contributed by atoms with Crippen molar-refractivity contribution >= 4 is 33.2 Å². The first-order valence-corrected chi connectivity index (χ1v) is 8.16. The molecule has 1 aromatic carbocycles. The van der Waals surface area contributed by atoms with Gasteiger partial charge in [-0.15, -0.1) is 11.6 Å². The standard InChI is InChI=1S/C15H21BrClN/c1-2-3-12-6-8-18(9-7-12)15-5-4-14(16)10-13(15)11-17/h4-5,10,12H,2-3,6-9,11H2,1H3. The second kappa shape index (κ2) is 6.81.